The molecule has 5 heteroatoms. The molecule has 1 aromatic heterocycles. The van der Waals surface area contributed by atoms with E-state index in [1.54, 1.807) is 12.3 Å². The Morgan fingerprint density at radius 2 is 2.05 bits per heavy atom. The Morgan fingerprint density at radius 1 is 1.27 bits per heavy atom. The third-order valence-corrected chi connectivity index (χ3v) is 5.10. The van der Waals surface area contributed by atoms with E-state index < -0.39 is 0 Å². The van der Waals surface area contributed by atoms with Gasteiger partial charge in [0.15, 0.2) is 0 Å². The minimum absolute atomic E-state index is 0.00137. The molecule has 0 bridgehead atoms. The normalized spacial score (nSPS) is 25.3. The van der Waals surface area contributed by atoms with Gasteiger partial charge in [0.1, 0.15) is 5.76 Å². The van der Waals surface area contributed by atoms with Gasteiger partial charge in [-0.1, -0.05) is 0 Å². The zero-order valence-electron chi connectivity index (χ0n) is 13.7. The fraction of sp³-hybridized carbons (Fsp3) is 0.706. The van der Waals surface area contributed by atoms with Crippen molar-refractivity contribution in [3.8, 4) is 0 Å². The summed E-state index contributed by atoms with van der Waals surface area (Å²) in [6, 6.07) is 2.70. The summed E-state index contributed by atoms with van der Waals surface area (Å²) < 4.78 is 5.23. The molecular formula is C17H27N3O2. The average molecular weight is 305 g/mol. The number of carbonyl (C=O) groups excluding carboxylic acids is 1. The third kappa shape index (κ3) is 3.52. The lowest BCUT2D eigenvalue weighted by Gasteiger charge is -2.41. The van der Waals surface area contributed by atoms with Crippen LogP contribution < -0.4 is 5.32 Å². The summed E-state index contributed by atoms with van der Waals surface area (Å²) in [5.74, 6) is 0.696. The van der Waals surface area contributed by atoms with Crippen LogP contribution in [0.15, 0.2) is 16.7 Å². The van der Waals surface area contributed by atoms with Crippen molar-refractivity contribution >= 4 is 5.91 Å². The molecule has 22 heavy (non-hydrogen) atoms. The summed E-state index contributed by atoms with van der Waals surface area (Å²) in [4.78, 5) is 17.3. The average Bonchev–Trinajstić information content (AvgIpc) is 2.94. The van der Waals surface area contributed by atoms with Crippen molar-refractivity contribution in [3.63, 3.8) is 0 Å². The second-order valence-electron chi connectivity index (χ2n) is 6.73. The Kier molecular flexibility index (Phi) is 4.84. The van der Waals surface area contributed by atoms with E-state index in [4.69, 9.17) is 4.42 Å². The first-order valence-corrected chi connectivity index (χ1v) is 8.41. The molecular weight excluding hydrogens is 278 g/mol. The number of carbonyl (C=O) groups is 1. The van der Waals surface area contributed by atoms with Gasteiger partial charge in [0.25, 0.3) is 5.91 Å². The van der Waals surface area contributed by atoms with E-state index in [0.717, 1.165) is 13.0 Å². The molecule has 2 aliphatic heterocycles. The molecule has 3 heterocycles. The van der Waals surface area contributed by atoms with Crippen LogP contribution in [0.25, 0.3) is 0 Å². The first-order valence-electron chi connectivity index (χ1n) is 8.41. The van der Waals surface area contributed by atoms with Gasteiger partial charge in [0.05, 0.1) is 11.8 Å². The minimum Gasteiger partial charge on any atom is -0.469 e. The lowest BCUT2D eigenvalue weighted by atomic mass is 9.98. The van der Waals surface area contributed by atoms with Crippen molar-refractivity contribution in [2.24, 2.45) is 0 Å². The first kappa shape index (κ1) is 15.6. The Hall–Kier alpha value is -1.33. The maximum atomic E-state index is 12.3. The van der Waals surface area contributed by atoms with E-state index in [1.807, 2.05) is 6.92 Å². The van der Waals surface area contributed by atoms with Gasteiger partial charge in [-0.05, 0) is 65.4 Å². The fourth-order valence-electron chi connectivity index (χ4n) is 3.70. The lowest BCUT2D eigenvalue weighted by Crippen LogP contribution is -2.53. The molecule has 0 aromatic carbocycles. The fourth-order valence-corrected chi connectivity index (χ4v) is 3.70. The van der Waals surface area contributed by atoms with Crippen molar-refractivity contribution in [1.29, 1.82) is 0 Å². The summed E-state index contributed by atoms with van der Waals surface area (Å²) >= 11 is 0. The Morgan fingerprint density at radius 3 is 2.73 bits per heavy atom. The minimum atomic E-state index is 0.00137. The van der Waals surface area contributed by atoms with Crippen LogP contribution in [0.3, 0.4) is 0 Å². The second kappa shape index (κ2) is 6.84. The molecule has 0 radical (unpaired) electrons. The molecule has 3 rings (SSSR count). The van der Waals surface area contributed by atoms with Crippen molar-refractivity contribution in [1.82, 2.24) is 15.1 Å². The molecule has 0 saturated carbocycles. The Balaban J connectivity index is 1.54. The van der Waals surface area contributed by atoms with Crippen LogP contribution in [0.1, 0.15) is 41.8 Å². The van der Waals surface area contributed by atoms with Crippen molar-refractivity contribution in [2.75, 3.05) is 33.2 Å². The summed E-state index contributed by atoms with van der Waals surface area (Å²) in [5.41, 5.74) is 0.663. The SMILES string of the molecule is Cc1occc1C(=O)N[C@@H]1CCCN(C2CCN(C)CC2)C1. The van der Waals surface area contributed by atoms with E-state index in [1.165, 1.54) is 38.9 Å². The number of nitrogens with zero attached hydrogens (tertiary/aromatic N) is 2. The van der Waals surface area contributed by atoms with Crippen molar-refractivity contribution < 1.29 is 9.21 Å². The third-order valence-electron chi connectivity index (χ3n) is 5.10. The molecule has 5 nitrogen and oxygen atoms in total. The summed E-state index contributed by atoms with van der Waals surface area (Å²) in [7, 11) is 2.20. The molecule has 1 N–H and O–H groups in total. The number of piperidine rings is 2. The molecule has 2 aliphatic rings. The largest absolute Gasteiger partial charge is 0.469 e. The maximum absolute atomic E-state index is 12.3. The van der Waals surface area contributed by atoms with Crippen LogP contribution in [-0.2, 0) is 0 Å². The monoisotopic (exact) mass is 305 g/mol. The quantitative estimate of drug-likeness (QED) is 0.926. The Bertz CT molecular complexity index is 506. The molecule has 122 valence electrons. The number of rotatable bonds is 3. The van der Waals surface area contributed by atoms with Crippen LogP contribution in [0, 0.1) is 6.92 Å². The topological polar surface area (TPSA) is 48.7 Å². The maximum Gasteiger partial charge on any atom is 0.255 e. The van der Waals surface area contributed by atoms with Crippen LogP contribution in [0.2, 0.25) is 0 Å². The van der Waals surface area contributed by atoms with Crippen LogP contribution >= 0.6 is 0 Å². The smallest absolute Gasteiger partial charge is 0.255 e. The van der Waals surface area contributed by atoms with Gasteiger partial charge >= 0.3 is 0 Å². The molecule has 2 saturated heterocycles. The van der Waals surface area contributed by atoms with Crippen LogP contribution in [0.5, 0.6) is 0 Å². The number of hydrogen-bond donors (Lipinski definition) is 1. The Labute approximate surface area is 132 Å². The number of aryl methyl sites for hydroxylation is 1. The van der Waals surface area contributed by atoms with Crippen molar-refractivity contribution in [2.45, 2.75) is 44.7 Å². The highest BCUT2D eigenvalue weighted by atomic mass is 16.3. The number of amides is 1. The van der Waals surface area contributed by atoms with E-state index >= 15 is 0 Å². The highest BCUT2D eigenvalue weighted by Gasteiger charge is 2.29. The van der Waals surface area contributed by atoms with Gasteiger partial charge in [0, 0.05) is 18.6 Å². The first-order chi connectivity index (χ1) is 10.6. The molecule has 0 aliphatic carbocycles. The number of hydrogen-bond acceptors (Lipinski definition) is 4. The zero-order valence-corrected chi connectivity index (χ0v) is 13.7. The van der Waals surface area contributed by atoms with Gasteiger partial charge in [0.2, 0.25) is 0 Å². The van der Waals surface area contributed by atoms with E-state index in [0.29, 0.717) is 17.4 Å². The lowest BCUT2D eigenvalue weighted by molar-refractivity contribution is 0.0765. The molecule has 0 spiro atoms. The summed E-state index contributed by atoms with van der Waals surface area (Å²) in [6.45, 7) is 6.36. The molecule has 1 amide bonds. The van der Waals surface area contributed by atoms with Crippen LogP contribution in [-0.4, -0.2) is 61.0 Å². The van der Waals surface area contributed by atoms with Gasteiger partial charge < -0.3 is 14.6 Å². The van der Waals surface area contributed by atoms with Gasteiger partial charge in [-0.2, -0.15) is 0 Å². The number of nitrogens with one attached hydrogen (secondary N) is 1. The predicted octanol–water partition coefficient (Wildman–Crippen LogP) is 1.88. The van der Waals surface area contributed by atoms with E-state index in [9.17, 15) is 4.79 Å². The number of likely N-dealkylation sites (tertiary alicyclic amines) is 2. The second-order valence-corrected chi connectivity index (χ2v) is 6.73. The summed E-state index contributed by atoms with van der Waals surface area (Å²) in [5, 5.41) is 3.19. The van der Waals surface area contributed by atoms with Gasteiger partial charge in [-0.15, -0.1) is 0 Å². The number of furan rings is 1. The molecule has 1 aromatic rings. The molecule has 0 unspecified atom stereocenters. The van der Waals surface area contributed by atoms with Gasteiger partial charge in [-0.25, -0.2) is 0 Å². The molecule has 1 atom stereocenters. The van der Waals surface area contributed by atoms with Crippen molar-refractivity contribution in [3.05, 3.63) is 23.7 Å². The van der Waals surface area contributed by atoms with Gasteiger partial charge in [-0.3, -0.25) is 9.69 Å². The standard InChI is InChI=1S/C17H27N3O2/c1-13-16(7-11-22-13)17(21)18-14-4-3-8-20(12-14)15-5-9-19(2)10-6-15/h7,11,14-15H,3-6,8-10,12H2,1-2H3,(H,18,21)/t14-/m1/s1. The van der Waals surface area contributed by atoms with E-state index in [2.05, 4.69) is 22.2 Å². The van der Waals surface area contributed by atoms with E-state index in [-0.39, 0.29) is 11.9 Å². The predicted molar refractivity (Wildman–Crippen MR) is 86.0 cm³/mol. The van der Waals surface area contributed by atoms with Crippen LogP contribution in [0.4, 0.5) is 0 Å². The highest BCUT2D eigenvalue weighted by Crippen LogP contribution is 2.21. The highest BCUT2D eigenvalue weighted by molar-refractivity contribution is 5.95. The zero-order chi connectivity index (χ0) is 15.5. The summed E-state index contributed by atoms with van der Waals surface area (Å²) in [6.07, 6.45) is 6.32. The molecule has 2 fully saturated rings.